The van der Waals surface area contributed by atoms with E-state index in [1.54, 1.807) is 0 Å². The van der Waals surface area contributed by atoms with Gasteiger partial charge in [0.2, 0.25) is 0 Å². The first kappa shape index (κ1) is 7.40. The van der Waals surface area contributed by atoms with Gasteiger partial charge in [0, 0.05) is 13.1 Å². The molecule has 6 heteroatoms. The van der Waals surface area contributed by atoms with Gasteiger partial charge in [-0.05, 0) is 24.5 Å². The Labute approximate surface area is 60.4 Å². The maximum absolute atomic E-state index is 8.17. The molecule has 1 saturated heterocycles. The highest BCUT2D eigenvalue weighted by atomic mass is 15.3. The average molecular weight is 139 g/mol. The Hall–Kier alpha value is -0.705. The zero-order chi connectivity index (χ0) is 7.56. The van der Waals surface area contributed by atoms with Crippen molar-refractivity contribution in [3.8, 4) is 0 Å². The SMILES string of the molecule is CN1CCN(C)B1N=[N+]=[N-]. The molecule has 10 heavy (non-hydrogen) atoms. The summed E-state index contributed by atoms with van der Waals surface area (Å²) in [6, 6.07) is 0. The van der Waals surface area contributed by atoms with Gasteiger partial charge in [-0.25, -0.2) is 0 Å². The van der Waals surface area contributed by atoms with Crippen molar-refractivity contribution in [1.82, 2.24) is 9.62 Å². The third-order valence-electron chi connectivity index (χ3n) is 1.75. The van der Waals surface area contributed by atoms with E-state index in [1.807, 2.05) is 23.7 Å². The maximum atomic E-state index is 8.17. The van der Waals surface area contributed by atoms with E-state index in [-0.39, 0.29) is 7.12 Å². The third-order valence-corrected chi connectivity index (χ3v) is 1.75. The molecule has 0 amide bonds. The van der Waals surface area contributed by atoms with E-state index in [2.05, 4.69) is 9.94 Å². The second-order valence-corrected chi connectivity index (χ2v) is 2.51. The van der Waals surface area contributed by atoms with Crippen molar-refractivity contribution in [2.45, 2.75) is 0 Å². The lowest BCUT2D eigenvalue weighted by Gasteiger charge is -2.13. The zero-order valence-corrected chi connectivity index (χ0v) is 6.23. The molecule has 0 N–H and O–H groups in total. The number of azide groups is 1. The molecule has 0 aromatic carbocycles. The summed E-state index contributed by atoms with van der Waals surface area (Å²) < 4.78 is 0. The highest BCUT2D eigenvalue weighted by Gasteiger charge is 2.29. The predicted molar refractivity (Wildman–Crippen MR) is 40.2 cm³/mol. The fraction of sp³-hybridized carbons (Fsp3) is 1.00. The summed E-state index contributed by atoms with van der Waals surface area (Å²) in [7, 11) is 3.82. The lowest BCUT2D eigenvalue weighted by atomic mass is 9.94. The van der Waals surface area contributed by atoms with E-state index >= 15 is 0 Å². The largest absolute Gasteiger partial charge is 0.407 e. The summed E-state index contributed by atoms with van der Waals surface area (Å²) in [6.45, 7) is 1.94. The van der Waals surface area contributed by atoms with E-state index in [4.69, 9.17) is 5.53 Å². The van der Waals surface area contributed by atoms with Gasteiger partial charge in [-0.2, -0.15) is 0 Å². The summed E-state index contributed by atoms with van der Waals surface area (Å²) in [4.78, 5) is 6.79. The lowest BCUT2D eigenvalue weighted by molar-refractivity contribution is 0.553. The number of rotatable bonds is 1. The number of hydrogen-bond donors (Lipinski definition) is 0. The van der Waals surface area contributed by atoms with Crippen LogP contribution in [0.15, 0.2) is 5.03 Å². The fourth-order valence-corrected chi connectivity index (χ4v) is 1.11. The molecule has 0 bridgehead atoms. The van der Waals surface area contributed by atoms with Crippen LogP contribution in [-0.2, 0) is 0 Å². The Morgan fingerprint density at radius 3 is 2.30 bits per heavy atom. The highest BCUT2D eigenvalue weighted by molar-refractivity contribution is 6.51. The van der Waals surface area contributed by atoms with E-state index in [0.29, 0.717) is 0 Å². The van der Waals surface area contributed by atoms with Crippen molar-refractivity contribution >= 4 is 7.12 Å². The van der Waals surface area contributed by atoms with Crippen molar-refractivity contribution in [1.29, 1.82) is 0 Å². The molecule has 0 unspecified atom stereocenters. The van der Waals surface area contributed by atoms with Gasteiger partial charge in [0.15, 0.2) is 0 Å². The van der Waals surface area contributed by atoms with Crippen LogP contribution in [-0.4, -0.2) is 43.9 Å². The van der Waals surface area contributed by atoms with Gasteiger partial charge >= 0.3 is 7.12 Å². The van der Waals surface area contributed by atoms with Gasteiger partial charge < -0.3 is 9.62 Å². The minimum absolute atomic E-state index is 0.0787. The topological polar surface area (TPSA) is 55.2 Å². The monoisotopic (exact) mass is 139 g/mol. The Balaban J connectivity index is 2.62. The van der Waals surface area contributed by atoms with Gasteiger partial charge in [-0.3, -0.25) is 0 Å². The first-order chi connectivity index (χ1) is 4.75. The molecule has 0 saturated carbocycles. The molecule has 0 aromatic rings. The minimum Gasteiger partial charge on any atom is -0.326 e. The highest BCUT2D eigenvalue weighted by Crippen LogP contribution is 2.05. The molecule has 0 radical (unpaired) electrons. The predicted octanol–water partition coefficient (Wildman–Crippen LogP) is 0.159. The van der Waals surface area contributed by atoms with Crippen LogP contribution in [0.25, 0.3) is 10.4 Å². The molecule has 5 nitrogen and oxygen atoms in total. The molecular formula is C4H10BN5. The standard InChI is InChI=1S/C4H10BN5/c1-9-3-4-10(2)5(9)7-8-6/h3-4H2,1-2H3. The normalized spacial score (nSPS) is 21.2. The molecule has 54 valence electrons. The molecular weight excluding hydrogens is 129 g/mol. The summed E-state index contributed by atoms with van der Waals surface area (Å²) in [5, 5.41) is 3.62. The summed E-state index contributed by atoms with van der Waals surface area (Å²) in [6.07, 6.45) is 0. The number of nitrogens with zero attached hydrogens (tertiary/aromatic N) is 5. The van der Waals surface area contributed by atoms with E-state index in [9.17, 15) is 0 Å². The van der Waals surface area contributed by atoms with Crippen LogP contribution in [0.5, 0.6) is 0 Å². The van der Waals surface area contributed by atoms with Crippen LogP contribution >= 0.6 is 0 Å². The second-order valence-electron chi connectivity index (χ2n) is 2.51. The quantitative estimate of drug-likeness (QED) is 0.225. The second kappa shape index (κ2) is 2.92. The lowest BCUT2D eigenvalue weighted by Crippen LogP contribution is -2.37. The molecule has 1 heterocycles. The van der Waals surface area contributed by atoms with Crippen molar-refractivity contribution in [2.75, 3.05) is 27.2 Å². The Kier molecular flexibility index (Phi) is 2.16. The van der Waals surface area contributed by atoms with Crippen LogP contribution < -0.4 is 0 Å². The Bertz CT molecular complexity index is 155. The molecule has 1 aliphatic heterocycles. The molecule has 0 aromatic heterocycles. The first-order valence-electron chi connectivity index (χ1n) is 3.20. The van der Waals surface area contributed by atoms with Crippen LogP contribution in [0, 0.1) is 0 Å². The minimum atomic E-state index is -0.0787. The van der Waals surface area contributed by atoms with Crippen LogP contribution in [0.1, 0.15) is 0 Å². The molecule has 0 atom stereocenters. The molecule has 1 fully saturated rings. The summed E-state index contributed by atoms with van der Waals surface area (Å²) in [5.41, 5.74) is 8.17. The third kappa shape index (κ3) is 1.24. The van der Waals surface area contributed by atoms with Crippen molar-refractivity contribution in [2.24, 2.45) is 5.03 Å². The Morgan fingerprint density at radius 1 is 1.40 bits per heavy atom. The smallest absolute Gasteiger partial charge is 0.326 e. The van der Waals surface area contributed by atoms with Gasteiger partial charge in [0.1, 0.15) is 0 Å². The fourth-order valence-electron chi connectivity index (χ4n) is 1.11. The van der Waals surface area contributed by atoms with Crippen LogP contribution in [0.3, 0.4) is 0 Å². The van der Waals surface area contributed by atoms with E-state index in [0.717, 1.165) is 13.1 Å². The number of likely N-dealkylation sites (N-methyl/N-ethyl adjacent to an activating group) is 2. The van der Waals surface area contributed by atoms with Gasteiger partial charge in [-0.1, -0.05) is 0 Å². The average Bonchev–Trinajstić information content (AvgIpc) is 2.20. The van der Waals surface area contributed by atoms with Crippen molar-refractivity contribution in [3.05, 3.63) is 10.4 Å². The number of hydrogen-bond acceptors (Lipinski definition) is 3. The molecule has 1 rings (SSSR count). The van der Waals surface area contributed by atoms with Crippen LogP contribution in [0.4, 0.5) is 0 Å². The van der Waals surface area contributed by atoms with Crippen molar-refractivity contribution in [3.63, 3.8) is 0 Å². The first-order valence-corrected chi connectivity index (χ1v) is 3.20. The summed E-state index contributed by atoms with van der Waals surface area (Å²) >= 11 is 0. The zero-order valence-electron chi connectivity index (χ0n) is 6.23. The Morgan fingerprint density at radius 2 is 1.90 bits per heavy atom. The summed E-state index contributed by atoms with van der Waals surface area (Å²) in [5.74, 6) is 0. The van der Waals surface area contributed by atoms with Gasteiger partial charge in [-0.15, -0.1) is 5.03 Å². The van der Waals surface area contributed by atoms with E-state index in [1.165, 1.54) is 0 Å². The van der Waals surface area contributed by atoms with E-state index < -0.39 is 0 Å². The van der Waals surface area contributed by atoms with Gasteiger partial charge in [0.25, 0.3) is 0 Å². The molecule has 0 spiro atoms. The van der Waals surface area contributed by atoms with Gasteiger partial charge in [0.05, 0.1) is 0 Å². The maximum Gasteiger partial charge on any atom is 0.407 e. The van der Waals surface area contributed by atoms with Crippen LogP contribution in [0.2, 0.25) is 0 Å². The van der Waals surface area contributed by atoms with Crippen molar-refractivity contribution < 1.29 is 0 Å². The molecule has 0 aliphatic carbocycles. The molecule has 1 aliphatic rings.